The summed E-state index contributed by atoms with van der Waals surface area (Å²) in [5, 5.41) is 22.6. The summed E-state index contributed by atoms with van der Waals surface area (Å²) < 4.78 is 7.43. The molecule has 0 fully saturated rings. The zero-order valence-electron chi connectivity index (χ0n) is 18.3. The van der Waals surface area contributed by atoms with E-state index >= 15 is 0 Å². The van der Waals surface area contributed by atoms with E-state index in [2.05, 4.69) is 28.5 Å². The van der Waals surface area contributed by atoms with Crippen LogP contribution in [0.2, 0.25) is 0 Å². The molecule has 0 saturated carbocycles. The predicted octanol–water partition coefficient (Wildman–Crippen LogP) is 4.76. The van der Waals surface area contributed by atoms with Crippen LogP contribution in [-0.2, 0) is 24.2 Å². The van der Waals surface area contributed by atoms with Crippen molar-refractivity contribution >= 4 is 34.0 Å². The minimum absolute atomic E-state index is 0.150. The van der Waals surface area contributed by atoms with E-state index in [9.17, 15) is 10.1 Å². The van der Waals surface area contributed by atoms with Gasteiger partial charge in [0, 0.05) is 11.4 Å². The van der Waals surface area contributed by atoms with Crippen molar-refractivity contribution in [3.05, 3.63) is 40.3 Å². The van der Waals surface area contributed by atoms with E-state index in [0.717, 1.165) is 36.1 Å². The third kappa shape index (κ3) is 4.38. The lowest BCUT2D eigenvalue weighted by Gasteiger charge is -2.17. The van der Waals surface area contributed by atoms with Crippen LogP contribution < -0.4 is 10.1 Å². The number of thiophene rings is 1. The molecule has 1 atom stereocenters. The van der Waals surface area contributed by atoms with E-state index in [4.69, 9.17) is 4.74 Å². The van der Waals surface area contributed by atoms with Gasteiger partial charge in [0.2, 0.25) is 5.91 Å². The number of benzene rings is 1. The average Bonchev–Trinajstić information content (AvgIpc) is 3.37. The Balaban J connectivity index is 1.48. The first kappa shape index (κ1) is 22.4. The number of ether oxygens (including phenoxy) is 1. The van der Waals surface area contributed by atoms with Crippen molar-refractivity contribution in [1.29, 1.82) is 5.26 Å². The molecule has 0 aliphatic heterocycles. The van der Waals surface area contributed by atoms with Crippen molar-refractivity contribution in [2.75, 3.05) is 18.2 Å². The number of amides is 1. The Morgan fingerprint density at radius 2 is 2.22 bits per heavy atom. The van der Waals surface area contributed by atoms with Gasteiger partial charge in [0.05, 0.1) is 24.0 Å². The highest BCUT2D eigenvalue weighted by Crippen LogP contribution is 2.39. The lowest BCUT2D eigenvalue weighted by atomic mass is 9.89. The lowest BCUT2D eigenvalue weighted by molar-refractivity contribution is -0.113. The summed E-state index contributed by atoms with van der Waals surface area (Å²) in [6.45, 7) is 4.91. The Labute approximate surface area is 195 Å². The Hall–Kier alpha value is -2.83. The normalized spacial score (nSPS) is 15.1. The summed E-state index contributed by atoms with van der Waals surface area (Å²) >= 11 is 2.88. The summed E-state index contributed by atoms with van der Waals surface area (Å²) in [7, 11) is 1.63. The number of anilines is 1. The van der Waals surface area contributed by atoms with Gasteiger partial charge in [-0.1, -0.05) is 30.8 Å². The molecule has 1 N–H and O–H groups in total. The number of hydrogen-bond donors (Lipinski definition) is 1. The number of carbonyl (C=O) groups is 1. The Morgan fingerprint density at radius 1 is 1.41 bits per heavy atom. The van der Waals surface area contributed by atoms with Crippen molar-refractivity contribution < 1.29 is 9.53 Å². The quantitative estimate of drug-likeness (QED) is 0.504. The highest BCUT2D eigenvalue weighted by atomic mass is 32.2. The number of hydrogen-bond acceptors (Lipinski definition) is 7. The second-order valence-corrected chi connectivity index (χ2v) is 9.80. The minimum Gasteiger partial charge on any atom is -0.496 e. The van der Waals surface area contributed by atoms with Crippen molar-refractivity contribution in [3.63, 3.8) is 0 Å². The molecular weight excluding hydrogens is 442 g/mol. The van der Waals surface area contributed by atoms with Gasteiger partial charge >= 0.3 is 0 Å². The zero-order chi connectivity index (χ0) is 22.7. The van der Waals surface area contributed by atoms with E-state index in [0.29, 0.717) is 34.0 Å². The van der Waals surface area contributed by atoms with Gasteiger partial charge in [-0.15, -0.1) is 21.5 Å². The molecule has 1 amide bonds. The first-order valence-electron chi connectivity index (χ1n) is 10.6. The fourth-order valence-corrected chi connectivity index (χ4v) is 6.14. The van der Waals surface area contributed by atoms with Crippen molar-refractivity contribution in [3.8, 4) is 23.2 Å². The van der Waals surface area contributed by atoms with E-state index in [-0.39, 0.29) is 11.7 Å². The highest BCUT2D eigenvalue weighted by molar-refractivity contribution is 7.99. The van der Waals surface area contributed by atoms with Crippen LogP contribution in [0.4, 0.5) is 5.00 Å². The van der Waals surface area contributed by atoms with E-state index in [1.165, 1.54) is 16.6 Å². The maximum Gasteiger partial charge on any atom is 0.235 e. The van der Waals surface area contributed by atoms with Gasteiger partial charge in [0.25, 0.3) is 0 Å². The molecule has 0 bridgehead atoms. The fraction of sp³-hybridized carbons (Fsp3) is 0.391. The van der Waals surface area contributed by atoms with Crippen molar-refractivity contribution in [1.82, 2.24) is 14.8 Å². The summed E-state index contributed by atoms with van der Waals surface area (Å²) in [6, 6.07) is 9.97. The molecule has 0 saturated heterocycles. The van der Waals surface area contributed by atoms with Crippen LogP contribution in [0.1, 0.15) is 36.3 Å². The molecule has 2 aromatic heterocycles. The second-order valence-electron chi connectivity index (χ2n) is 7.76. The van der Waals surface area contributed by atoms with Gasteiger partial charge in [-0.2, -0.15) is 5.26 Å². The maximum atomic E-state index is 12.7. The summed E-state index contributed by atoms with van der Waals surface area (Å²) in [6.07, 6.45) is 2.97. The van der Waals surface area contributed by atoms with Crippen LogP contribution in [0.25, 0.3) is 11.4 Å². The van der Waals surface area contributed by atoms with Gasteiger partial charge in [-0.25, -0.2) is 0 Å². The molecule has 32 heavy (non-hydrogen) atoms. The van der Waals surface area contributed by atoms with Gasteiger partial charge in [-0.05, 0) is 49.8 Å². The molecule has 9 heteroatoms. The summed E-state index contributed by atoms with van der Waals surface area (Å²) in [4.78, 5) is 13.9. The zero-order valence-corrected chi connectivity index (χ0v) is 20.0. The van der Waals surface area contributed by atoms with Crippen molar-refractivity contribution in [2.24, 2.45) is 5.92 Å². The molecule has 0 spiro atoms. The van der Waals surface area contributed by atoms with Crippen LogP contribution in [0, 0.1) is 17.2 Å². The average molecular weight is 468 g/mol. The van der Waals surface area contributed by atoms with Gasteiger partial charge in [0.15, 0.2) is 11.0 Å². The van der Waals surface area contributed by atoms with Gasteiger partial charge < -0.3 is 14.6 Å². The van der Waals surface area contributed by atoms with Crippen LogP contribution >= 0.6 is 23.1 Å². The minimum atomic E-state index is -0.150. The molecule has 3 aromatic rings. The number of methoxy groups -OCH3 is 1. The highest BCUT2D eigenvalue weighted by Gasteiger charge is 2.25. The van der Waals surface area contributed by atoms with Crippen LogP contribution in [-0.4, -0.2) is 33.5 Å². The molecule has 4 rings (SSSR count). The number of aromatic nitrogens is 3. The smallest absolute Gasteiger partial charge is 0.235 e. The fourth-order valence-electron chi connectivity index (χ4n) is 3.96. The number of para-hydroxylation sites is 1. The van der Waals surface area contributed by atoms with E-state index in [1.54, 1.807) is 18.4 Å². The monoisotopic (exact) mass is 467 g/mol. The topological polar surface area (TPSA) is 92.8 Å². The first-order chi connectivity index (χ1) is 15.5. The molecule has 1 aromatic carbocycles. The standard InChI is InChI=1S/C23H25N5O2S2/c1-4-28-21(16-7-5-6-8-18(16)30-3)26-27-23(28)31-13-20(29)25-22-17(12-24)15-10-9-14(2)11-19(15)32-22/h5-8,14H,4,9-11,13H2,1-3H3,(H,25,29). The largest absolute Gasteiger partial charge is 0.496 e. The molecule has 7 nitrogen and oxygen atoms in total. The molecular formula is C23H25N5O2S2. The lowest BCUT2D eigenvalue weighted by Crippen LogP contribution is -2.14. The summed E-state index contributed by atoms with van der Waals surface area (Å²) in [5.74, 6) is 2.09. The number of thioether (sulfide) groups is 1. The predicted molar refractivity (Wildman–Crippen MR) is 127 cm³/mol. The second kappa shape index (κ2) is 9.76. The van der Waals surface area contributed by atoms with Crippen LogP contribution in [0.15, 0.2) is 29.4 Å². The third-order valence-corrected chi connectivity index (χ3v) is 7.73. The number of fused-ring (bicyclic) bond motifs is 1. The first-order valence-corrected chi connectivity index (χ1v) is 12.4. The summed E-state index contributed by atoms with van der Waals surface area (Å²) in [5.41, 5.74) is 2.61. The van der Waals surface area contributed by atoms with Gasteiger partial charge in [-0.3, -0.25) is 4.79 Å². The molecule has 1 aliphatic carbocycles. The molecule has 1 aliphatic rings. The Bertz CT molecular complexity index is 1180. The third-order valence-electron chi connectivity index (χ3n) is 5.59. The number of carbonyl (C=O) groups excluding carboxylic acids is 1. The number of nitriles is 1. The molecule has 166 valence electrons. The van der Waals surface area contributed by atoms with E-state index in [1.807, 2.05) is 35.8 Å². The number of nitrogens with one attached hydrogen (secondary N) is 1. The maximum absolute atomic E-state index is 12.7. The van der Waals surface area contributed by atoms with E-state index < -0.39 is 0 Å². The van der Waals surface area contributed by atoms with Gasteiger partial charge in [0.1, 0.15) is 16.8 Å². The number of nitrogens with zero attached hydrogens (tertiary/aromatic N) is 4. The molecule has 2 heterocycles. The SMILES string of the molecule is CCn1c(SCC(=O)Nc2sc3c(c2C#N)CCC(C)C3)nnc1-c1ccccc1OC. The Kier molecular flexibility index (Phi) is 6.82. The molecule has 0 radical (unpaired) electrons. The van der Waals surface area contributed by atoms with Crippen LogP contribution in [0.3, 0.4) is 0 Å². The van der Waals surface area contributed by atoms with Crippen molar-refractivity contribution in [2.45, 2.75) is 44.8 Å². The Morgan fingerprint density at radius 3 is 2.97 bits per heavy atom. The molecule has 1 unspecified atom stereocenters. The van der Waals surface area contributed by atoms with Crippen LogP contribution in [0.5, 0.6) is 5.75 Å². The number of rotatable bonds is 7.